The first-order chi connectivity index (χ1) is 17.0. The predicted molar refractivity (Wildman–Crippen MR) is 131 cm³/mol. The minimum Gasteiger partial charge on any atom is -0.381 e. The van der Waals surface area contributed by atoms with Gasteiger partial charge in [0.25, 0.3) is 0 Å². The number of nitrogens with zero attached hydrogens (tertiary/aromatic N) is 1. The molecule has 5 rings (SSSR count). The van der Waals surface area contributed by atoms with Gasteiger partial charge in [0.1, 0.15) is 11.1 Å². The molecule has 0 N–H and O–H groups in total. The zero-order chi connectivity index (χ0) is 24.3. The van der Waals surface area contributed by atoms with E-state index in [0.29, 0.717) is 50.9 Å². The molecule has 3 heterocycles. The highest BCUT2D eigenvalue weighted by Crippen LogP contribution is 2.38. The second kappa shape index (κ2) is 10.6. The van der Waals surface area contributed by atoms with E-state index in [1.165, 1.54) is 4.31 Å². The van der Waals surface area contributed by atoms with Crippen molar-refractivity contribution in [3.05, 3.63) is 71.0 Å². The topological polar surface area (TPSA) is 65.1 Å². The summed E-state index contributed by atoms with van der Waals surface area (Å²) in [4.78, 5) is 0. The first-order valence-corrected chi connectivity index (χ1v) is 14.0. The average Bonchev–Trinajstić information content (AvgIpc) is 2.84. The molecule has 3 saturated heterocycles. The van der Waals surface area contributed by atoms with E-state index < -0.39 is 15.3 Å². The van der Waals surface area contributed by atoms with Crippen LogP contribution in [0.2, 0.25) is 0 Å². The third-order valence-electron chi connectivity index (χ3n) is 7.67. The Kier molecular flexibility index (Phi) is 7.55. The zero-order valence-electron chi connectivity index (χ0n) is 20.0. The van der Waals surface area contributed by atoms with Crippen LogP contribution < -0.4 is 0 Å². The van der Waals surface area contributed by atoms with Gasteiger partial charge in [-0.3, -0.25) is 0 Å². The molecule has 0 spiro atoms. The fraction of sp³-hybridized carbons (Fsp3) is 0.556. The summed E-state index contributed by atoms with van der Waals surface area (Å²) in [5, 5.41) is -0.580. The van der Waals surface area contributed by atoms with E-state index in [4.69, 9.17) is 14.2 Å². The molecular weight excluding hydrogens is 469 g/mol. The van der Waals surface area contributed by atoms with Crippen LogP contribution in [0.4, 0.5) is 4.39 Å². The summed E-state index contributed by atoms with van der Waals surface area (Å²) in [7, 11) is -3.57. The van der Waals surface area contributed by atoms with Crippen LogP contribution in [-0.2, 0) is 36.2 Å². The van der Waals surface area contributed by atoms with Gasteiger partial charge in [0.15, 0.2) is 0 Å². The van der Waals surface area contributed by atoms with Gasteiger partial charge >= 0.3 is 0 Å². The van der Waals surface area contributed by atoms with Crippen molar-refractivity contribution in [2.75, 3.05) is 46.2 Å². The Bertz CT molecular complexity index is 1100. The second-order valence-electron chi connectivity index (χ2n) is 10.0. The fourth-order valence-corrected chi connectivity index (χ4v) is 7.39. The van der Waals surface area contributed by atoms with Crippen molar-refractivity contribution in [2.45, 2.75) is 42.9 Å². The van der Waals surface area contributed by atoms with Crippen LogP contribution in [0.25, 0.3) is 0 Å². The van der Waals surface area contributed by atoms with E-state index in [2.05, 4.69) is 0 Å². The van der Waals surface area contributed by atoms with Crippen LogP contribution in [0, 0.1) is 11.7 Å². The molecule has 3 aliphatic rings. The number of sulfonamides is 1. The molecule has 8 heteroatoms. The van der Waals surface area contributed by atoms with Crippen molar-refractivity contribution in [1.82, 2.24) is 4.31 Å². The van der Waals surface area contributed by atoms with Crippen LogP contribution >= 0.6 is 0 Å². The molecular formula is C27H34FNO5S. The van der Waals surface area contributed by atoms with Gasteiger partial charge in [0, 0.05) is 43.2 Å². The van der Waals surface area contributed by atoms with Gasteiger partial charge in [-0.15, -0.1) is 0 Å². The number of halogens is 1. The van der Waals surface area contributed by atoms with Gasteiger partial charge in [-0.05, 0) is 42.9 Å². The number of benzene rings is 2. The molecule has 3 aliphatic heterocycles. The fourth-order valence-electron chi connectivity index (χ4n) is 5.36. The third-order valence-corrected chi connectivity index (χ3v) is 9.92. The highest BCUT2D eigenvalue weighted by atomic mass is 32.2. The number of ether oxygens (including phenoxy) is 3. The second-order valence-corrected chi connectivity index (χ2v) is 12.2. The predicted octanol–water partition coefficient (Wildman–Crippen LogP) is 4.20. The highest BCUT2D eigenvalue weighted by molar-refractivity contribution is 7.89. The molecule has 0 unspecified atom stereocenters. The lowest BCUT2D eigenvalue weighted by molar-refractivity contribution is -0.0843. The van der Waals surface area contributed by atoms with E-state index in [9.17, 15) is 8.42 Å². The van der Waals surface area contributed by atoms with Gasteiger partial charge in [-0.2, -0.15) is 4.31 Å². The molecule has 0 aliphatic carbocycles. The molecule has 3 fully saturated rings. The van der Waals surface area contributed by atoms with E-state index in [-0.39, 0.29) is 17.8 Å². The Hall–Kier alpha value is -1.84. The number of rotatable bonds is 8. The van der Waals surface area contributed by atoms with Gasteiger partial charge in [-0.25, -0.2) is 12.8 Å². The molecule has 190 valence electrons. The minimum atomic E-state index is -3.57. The standard InChI is InChI=1S/C27H34FNO5S/c28-25-15-24(27(10-13-32-14-11-27)20-34-19-21-17-33-18-21)9-8-23(25)16-29-12-4-7-26(35(29,30)31)22-5-2-1-3-6-22/h1-3,5-6,8-9,15,21,26H,4,7,10-14,16-20H2/t26-/m1/s1. The van der Waals surface area contributed by atoms with Gasteiger partial charge < -0.3 is 14.2 Å². The summed E-state index contributed by atoms with van der Waals surface area (Å²) in [5.41, 5.74) is 1.80. The average molecular weight is 504 g/mol. The lowest BCUT2D eigenvalue weighted by Gasteiger charge is -2.38. The lowest BCUT2D eigenvalue weighted by Crippen LogP contribution is -2.40. The van der Waals surface area contributed by atoms with Crippen LogP contribution in [-0.4, -0.2) is 58.9 Å². The Morgan fingerprint density at radius 2 is 1.83 bits per heavy atom. The molecule has 2 aromatic carbocycles. The van der Waals surface area contributed by atoms with E-state index in [1.807, 2.05) is 36.4 Å². The first-order valence-electron chi connectivity index (χ1n) is 12.5. The molecule has 6 nitrogen and oxygen atoms in total. The van der Waals surface area contributed by atoms with Crippen molar-refractivity contribution in [3.8, 4) is 0 Å². The molecule has 1 atom stereocenters. The molecule has 2 aromatic rings. The minimum absolute atomic E-state index is 0.0477. The Morgan fingerprint density at radius 1 is 1.06 bits per heavy atom. The number of hydrogen-bond donors (Lipinski definition) is 0. The van der Waals surface area contributed by atoms with Crippen LogP contribution in [0.5, 0.6) is 0 Å². The molecule has 0 saturated carbocycles. The molecule has 0 bridgehead atoms. The smallest absolute Gasteiger partial charge is 0.221 e. The molecule has 35 heavy (non-hydrogen) atoms. The SMILES string of the molecule is O=S1(=O)[C@@H](c2ccccc2)CCCN1Cc1ccc(C2(COCC3COC3)CCOCC2)cc1F. The Labute approximate surface area is 207 Å². The monoisotopic (exact) mass is 503 g/mol. The van der Waals surface area contributed by atoms with E-state index in [1.54, 1.807) is 12.1 Å². The lowest BCUT2D eigenvalue weighted by atomic mass is 9.74. The summed E-state index contributed by atoms with van der Waals surface area (Å²) in [6.07, 6.45) is 2.88. The van der Waals surface area contributed by atoms with Crippen molar-refractivity contribution < 1.29 is 27.0 Å². The van der Waals surface area contributed by atoms with Crippen LogP contribution in [0.15, 0.2) is 48.5 Å². The molecule has 0 amide bonds. The van der Waals surface area contributed by atoms with Crippen LogP contribution in [0.3, 0.4) is 0 Å². The van der Waals surface area contributed by atoms with E-state index >= 15 is 4.39 Å². The summed E-state index contributed by atoms with van der Waals surface area (Å²) < 4.78 is 60.5. The maximum atomic E-state index is 15.4. The molecule has 0 aromatic heterocycles. The van der Waals surface area contributed by atoms with Crippen molar-refractivity contribution in [1.29, 1.82) is 0 Å². The third kappa shape index (κ3) is 5.32. The van der Waals surface area contributed by atoms with Gasteiger partial charge in [0.2, 0.25) is 10.0 Å². The Balaban J connectivity index is 1.32. The maximum absolute atomic E-state index is 15.4. The largest absolute Gasteiger partial charge is 0.381 e. The maximum Gasteiger partial charge on any atom is 0.221 e. The molecule has 0 radical (unpaired) electrons. The summed E-state index contributed by atoms with van der Waals surface area (Å²) >= 11 is 0. The van der Waals surface area contributed by atoms with E-state index in [0.717, 1.165) is 43.6 Å². The van der Waals surface area contributed by atoms with Gasteiger partial charge in [-0.1, -0.05) is 42.5 Å². The zero-order valence-corrected chi connectivity index (χ0v) is 20.8. The summed E-state index contributed by atoms with van der Waals surface area (Å²) in [5.74, 6) is 0.0787. The van der Waals surface area contributed by atoms with Crippen molar-refractivity contribution >= 4 is 10.0 Å². The van der Waals surface area contributed by atoms with Crippen LogP contribution in [0.1, 0.15) is 47.6 Å². The normalized spacial score (nSPS) is 24.7. The first kappa shape index (κ1) is 24.8. The van der Waals surface area contributed by atoms with Gasteiger partial charge in [0.05, 0.1) is 26.4 Å². The van der Waals surface area contributed by atoms with Crippen molar-refractivity contribution in [3.63, 3.8) is 0 Å². The summed E-state index contributed by atoms with van der Waals surface area (Å²) in [6.45, 7) is 4.34. The highest BCUT2D eigenvalue weighted by Gasteiger charge is 2.38. The Morgan fingerprint density at radius 3 is 2.51 bits per heavy atom. The summed E-state index contributed by atoms with van der Waals surface area (Å²) in [6, 6.07) is 14.6. The quantitative estimate of drug-likeness (QED) is 0.540. The number of hydrogen-bond acceptors (Lipinski definition) is 5. The van der Waals surface area contributed by atoms with Crippen molar-refractivity contribution in [2.24, 2.45) is 5.92 Å².